The Hall–Kier alpha value is -1.26. The number of hydrogen-bond acceptors (Lipinski definition) is 2. The minimum absolute atomic E-state index is 0.150. The van der Waals surface area contributed by atoms with Crippen LogP contribution in [0.1, 0.15) is 26.7 Å². The molecule has 2 amide bonds. The predicted molar refractivity (Wildman–Crippen MR) is 80.2 cm³/mol. The van der Waals surface area contributed by atoms with E-state index in [4.69, 9.17) is 23.2 Å². The van der Waals surface area contributed by atoms with Crippen LogP contribution in [0.2, 0.25) is 10.0 Å². The van der Waals surface area contributed by atoms with Crippen LogP contribution >= 0.6 is 23.2 Å². The van der Waals surface area contributed by atoms with Gasteiger partial charge in [0.2, 0.25) is 11.8 Å². The Morgan fingerprint density at radius 1 is 1.30 bits per heavy atom. The van der Waals surface area contributed by atoms with Crippen molar-refractivity contribution < 1.29 is 9.59 Å². The second-order valence-corrected chi connectivity index (χ2v) is 5.67. The van der Waals surface area contributed by atoms with Crippen LogP contribution in [-0.2, 0) is 9.59 Å². The van der Waals surface area contributed by atoms with Crippen molar-refractivity contribution >= 4 is 40.7 Å². The molecule has 0 aliphatic carbocycles. The number of nitrogens with zero attached hydrogens (tertiary/aromatic N) is 1. The van der Waals surface area contributed by atoms with Crippen molar-refractivity contribution in [2.24, 2.45) is 0 Å². The highest BCUT2D eigenvalue weighted by Crippen LogP contribution is 2.32. The number of amides is 2. The van der Waals surface area contributed by atoms with Gasteiger partial charge < -0.3 is 5.32 Å². The maximum atomic E-state index is 12.5. The van der Waals surface area contributed by atoms with Crippen molar-refractivity contribution in [2.45, 2.75) is 38.8 Å². The van der Waals surface area contributed by atoms with Gasteiger partial charge in [-0.05, 0) is 31.5 Å². The molecule has 6 heteroatoms. The SMILES string of the molecule is CCCC1NC(=O)C(C)N(c2cc(Cl)ccc2Cl)C1=O. The van der Waals surface area contributed by atoms with Crippen LogP contribution in [0.5, 0.6) is 0 Å². The first-order valence-electron chi connectivity index (χ1n) is 6.54. The first-order valence-corrected chi connectivity index (χ1v) is 7.29. The summed E-state index contributed by atoms with van der Waals surface area (Å²) < 4.78 is 0. The average Bonchev–Trinajstić information content (AvgIpc) is 2.40. The van der Waals surface area contributed by atoms with Gasteiger partial charge in [-0.3, -0.25) is 14.5 Å². The van der Waals surface area contributed by atoms with Crippen LogP contribution in [0.25, 0.3) is 0 Å². The van der Waals surface area contributed by atoms with E-state index in [0.717, 1.165) is 6.42 Å². The van der Waals surface area contributed by atoms with Gasteiger partial charge in [0, 0.05) is 5.02 Å². The molecule has 1 aromatic carbocycles. The Bertz CT molecular complexity index is 548. The van der Waals surface area contributed by atoms with Gasteiger partial charge >= 0.3 is 0 Å². The fourth-order valence-corrected chi connectivity index (χ4v) is 2.69. The molecule has 1 fully saturated rings. The maximum Gasteiger partial charge on any atom is 0.250 e. The van der Waals surface area contributed by atoms with Gasteiger partial charge in [0.05, 0.1) is 10.7 Å². The van der Waals surface area contributed by atoms with E-state index in [1.165, 1.54) is 4.90 Å². The number of piperazine rings is 1. The van der Waals surface area contributed by atoms with Crippen molar-refractivity contribution in [3.05, 3.63) is 28.2 Å². The molecule has 1 saturated heterocycles. The summed E-state index contributed by atoms with van der Waals surface area (Å²) in [6.07, 6.45) is 1.41. The van der Waals surface area contributed by atoms with E-state index >= 15 is 0 Å². The molecule has 1 aliphatic heterocycles. The summed E-state index contributed by atoms with van der Waals surface area (Å²) in [5, 5.41) is 3.62. The number of nitrogens with one attached hydrogen (secondary N) is 1. The molecule has 0 bridgehead atoms. The van der Waals surface area contributed by atoms with Gasteiger partial charge in [-0.2, -0.15) is 0 Å². The summed E-state index contributed by atoms with van der Waals surface area (Å²) in [5.41, 5.74) is 0.479. The van der Waals surface area contributed by atoms with E-state index in [9.17, 15) is 9.59 Å². The highest BCUT2D eigenvalue weighted by molar-refractivity contribution is 6.36. The van der Waals surface area contributed by atoms with Gasteiger partial charge in [0.25, 0.3) is 0 Å². The molecule has 1 aromatic rings. The standard InChI is InChI=1S/C14H16Cl2N2O2/c1-3-4-11-14(20)18(8(2)13(19)17-11)12-7-9(15)5-6-10(12)16/h5-8,11H,3-4H2,1-2H3,(H,17,19). The molecule has 1 N–H and O–H groups in total. The Kier molecular flexibility index (Phi) is 4.55. The molecule has 2 rings (SSSR count). The molecule has 0 radical (unpaired) electrons. The zero-order chi connectivity index (χ0) is 14.9. The van der Waals surface area contributed by atoms with Crippen molar-refractivity contribution in [1.29, 1.82) is 0 Å². The van der Waals surface area contributed by atoms with Crippen molar-refractivity contribution in [2.75, 3.05) is 4.90 Å². The Morgan fingerprint density at radius 3 is 2.65 bits per heavy atom. The fraction of sp³-hybridized carbons (Fsp3) is 0.429. The molecule has 2 atom stereocenters. The van der Waals surface area contributed by atoms with Crippen molar-refractivity contribution in [1.82, 2.24) is 5.32 Å². The first kappa shape index (κ1) is 15.1. The lowest BCUT2D eigenvalue weighted by molar-refractivity contribution is -0.133. The van der Waals surface area contributed by atoms with Crippen LogP contribution in [0.15, 0.2) is 18.2 Å². The summed E-state index contributed by atoms with van der Waals surface area (Å²) in [5.74, 6) is -0.331. The van der Waals surface area contributed by atoms with Crippen LogP contribution in [0.3, 0.4) is 0 Å². The van der Waals surface area contributed by atoms with Crippen molar-refractivity contribution in [3.8, 4) is 0 Å². The molecule has 4 nitrogen and oxygen atoms in total. The third kappa shape index (κ3) is 2.76. The van der Waals surface area contributed by atoms with Gasteiger partial charge in [-0.15, -0.1) is 0 Å². The quantitative estimate of drug-likeness (QED) is 0.932. The van der Waals surface area contributed by atoms with Gasteiger partial charge in [0.1, 0.15) is 12.1 Å². The molecule has 108 valence electrons. The molecule has 0 saturated carbocycles. The largest absolute Gasteiger partial charge is 0.342 e. The van der Waals surface area contributed by atoms with Crippen LogP contribution in [-0.4, -0.2) is 23.9 Å². The molecule has 0 spiro atoms. The molecular formula is C14H16Cl2N2O2. The van der Waals surface area contributed by atoms with Gasteiger partial charge in [-0.25, -0.2) is 0 Å². The molecule has 2 unspecified atom stereocenters. The Morgan fingerprint density at radius 2 is 2.00 bits per heavy atom. The molecule has 1 heterocycles. The number of anilines is 1. The maximum absolute atomic E-state index is 12.5. The number of halogens is 2. The highest BCUT2D eigenvalue weighted by atomic mass is 35.5. The first-order chi connectivity index (χ1) is 9.45. The second-order valence-electron chi connectivity index (χ2n) is 4.83. The Balaban J connectivity index is 2.43. The number of benzene rings is 1. The lowest BCUT2D eigenvalue weighted by Crippen LogP contribution is -2.62. The average molecular weight is 315 g/mol. The summed E-state index contributed by atoms with van der Waals surface area (Å²) >= 11 is 12.1. The molecule has 0 aromatic heterocycles. The third-order valence-electron chi connectivity index (χ3n) is 3.36. The fourth-order valence-electron chi connectivity index (χ4n) is 2.31. The van der Waals surface area contributed by atoms with Gasteiger partial charge in [-0.1, -0.05) is 36.5 Å². The minimum Gasteiger partial charge on any atom is -0.342 e. The second kappa shape index (κ2) is 6.02. The van der Waals surface area contributed by atoms with Crippen molar-refractivity contribution in [3.63, 3.8) is 0 Å². The summed E-state index contributed by atoms with van der Waals surface area (Å²) in [6, 6.07) is 3.78. The lowest BCUT2D eigenvalue weighted by atomic mass is 10.0. The minimum atomic E-state index is -0.605. The zero-order valence-corrected chi connectivity index (χ0v) is 12.8. The van der Waals surface area contributed by atoms with Crippen LogP contribution in [0.4, 0.5) is 5.69 Å². The molecule has 20 heavy (non-hydrogen) atoms. The van der Waals surface area contributed by atoms with Crippen LogP contribution in [0, 0.1) is 0 Å². The number of carbonyl (C=O) groups excluding carboxylic acids is 2. The van der Waals surface area contributed by atoms with Gasteiger partial charge in [0.15, 0.2) is 0 Å². The number of carbonyl (C=O) groups is 2. The third-order valence-corrected chi connectivity index (χ3v) is 3.92. The van der Waals surface area contributed by atoms with E-state index in [1.807, 2.05) is 6.92 Å². The molecule has 1 aliphatic rings. The number of rotatable bonds is 3. The zero-order valence-electron chi connectivity index (χ0n) is 11.3. The summed E-state index contributed by atoms with van der Waals surface area (Å²) in [6.45, 7) is 3.64. The summed E-state index contributed by atoms with van der Waals surface area (Å²) in [4.78, 5) is 26.0. The monoisotopic (exact) mass is 314 g/mol. The van der Waals surface area contributed by atoms with E-state index in [-0.39, 0.29) is 11.8 Å². The number of hydrogen-bond donors (Lipinski definition) is 1. The molecular weight excluding hydrogens is 299 g/mol. The normalized spacial score (nSPS) is 22.9. The Labute approximate surface area is 128 Å². The van der Waals surface area contributed by atoms with E-state index in [0.29, 0.717) is 22.2 Å². The van der Waals surface area contributed by atoms with E-state index < -0.39 is 12.1 Å². The summed E-state index contributed by atoms with van der Waals surface area (Å²) in [7, 11) is 0. The predicted octanol–water partition coefficient (Wildman–Crippen LogP) is 3.01. The smallest absolute Gasteiger partial charge is 0.250 e. The highest BCUT2D eigenvalue weighted by Gasteiger charge is 2.39. The van der Waals surface area contributed by atoms with E-state index in [1.54, 1.807) is 25.1 Å². The topological polar surface area (TPSA) is 49.4 Å². The van der Waals surface area contributed by atoms with Crippen LogP contribution < -0.4 is 10.2 Å². The van der Waals surface area contributed by atoms with E-state index in [2.05, 4.69) is 5.32 Å². The lowest BCUT2D eigenvalue weighted by Gasteiger charge is -2.37.